The number of allylic oxidation sites excluding steroid dienone is 3. The fourth-order valence-corrected chi connectivity index (χ4v) is 6.99. The molecule has 134 valence electrons. The molecule has 4 aliphatic carbocycles. The van der Waals surface area contributed by atoms with Gasteiger partial charge >= 0.3 is 0 Å². The minimum absolute atomic E-state index is 0.0823. The van der Waals surface area contributed by atoms with Crippen molar-refractivity contribution in [3.8, 4) is 6.07 Å². The van der Waals surface area contributed by atoms with Crippen molar-refractivity contribution < 1.29 is 9.53 Å². The van der Waals surface area contributed by atoms with Crippen LogP contribution < -0.4 is 0 Å². The van der Waals surface area contributed by atoms with Crippen molar-refractivity contribution in [1.29, 1.82) is 5.26 Å². The molecular weight excluding hydrogens is 310 g/mol. The number of hydrogen-bond acceptors (Lipinski definition) is 3. The summed E-state index contributed by atoms with van der Waals surface area (Å²) in [5, 5.41) is 9.16. The molecule has 4 aliphatic rings. The van der Waals surface area contributed by atoms with Crippen LogP contribution in [0.1, 0.15) is 65.2 Å². The lowest BCUT2D eigenvalue weighted by atomic mass is 9.48. The van der Waals surface area contributed by atoms with Gasteiger partial charge < -0.3 is 4.74 Å². The van der Waals surface area contributed by atoms with Crippen LogP contribution in [0.5, 0.6) is 0 Å². The summed E-state index contributed by atoms with van der Waals surface area (Å²) in [5.41, 5.74) is 3.48. The summed E-state index contributed by atoms with van der Waals surface area (Å²) in [6.07, 6.45) is 13.5. The smallest absolute Gasteiger partial charge is 0.293 e. The van der Waals surface area contributed by atoms with Gasteiger partial charge in [-0.2, -0.15) is 5.26 Å². The van der Waals surface area contributed by atoms with Crippen LogP contribution in [0.2, 0.25) is 0 Å². The van der Waals surface area contributed by atoms with E-state index in [0.717, 1.165) is 43.4 Å². The van der Waals surface area contributed by atoms with E-state index in [2.05, 4.69) is 26.0 Å². The zero-order valence-corrected chi connectivity index (χ0v) is 15.5. The Bertz CT molecular complexity index is 672. The zero-order valence-electron chi connectivity index (χ0n) is 15.5. The van der Waals surface area contributed by atoms with E-state index in [4.69, 9.17) is 10.00 Å². The van der Waals surface area contributed by atoms with Gasteiger partial charge in [0.1, 0.15) is 6.10 Å². The molecule has 0 heterocycles. The number of nitrogens with zero attached hydrogens (tertiary/aromatic N) is 1. The van der Waals surface area contributed by atoms with E-state index in [-0.39, 0.29) is 16.9 Å². The minimum atomic E-state index is 0.0823. The molecule has 6 atom stereocenters. The van der Waals surface area contributed by atoms with E-state index >= 15 is 0 Å². The van der Waals surface area contributed by atoms with Crippen LogP contribution in [0, 0.1) is 39.9 Å². The maximum absolute atomic E-state index is 10.7. The number of rotatable bonds is 2. The summed E-state index contributed by atoms with van der Waals surface area (Å²) in [6.45, 7) is 5.50. The first-order valence-corrected chi connectivity index (χ1v) is 9.90. The fourth-order valence-electron chi connectivity index (χ4n) is 6.99. The number of carbonyl (C=O) groups is 1. The van der Waals surface area contributed by atoms with Crippen LogP contribution in [0.4, 0.5) is 0 Å². The summed E-state index contributed by atoms with van der Waals surface area (Å²) in [5.74, 6) is 2.23. The summed E-state index contributed by atoms with van der Waals surface area (Å²) in [4.78, 5) is 10.7. The summed E-state index contributed by atoms with van der Waals surface area (Å²) in [7, 11) is 0. The largest absolute Gasteiger partial charge is 0.464 e. The lowest BCUT2D eigenvalue weighted by Gasteiger charge is -2.57. The molecule has 0 amide bonds. The van der Waals surface area contributed by atoms with Gasteiger partial charge in [-0.3, -0.25) is 4.79 Å². The van der Waals surface area contributed by atoms with Gasteiger partial charge in [-0.1, -0.05) is 31.1 Å². The molecule has 0 saturated heterocycles. The number of hydrogen-bond donors (Lipinski definition) is 0. The Morgan fingerprint density at radius 2 is 1.96 bits per heavy atom. The van der Waals surface area contributed by atoms with Crippen molar-refractivity contribution in [2.24, 2.45) is 28.6 Å². The molecule has 0 aliphatic heterocycles. The van der Waals surface area contributed by atoms with Gasteiger partial charge in [0.05, 0.1) is 6.07 Å². The van der Waals surface area contributed by atoms with E-state index in [1.807, 2.05) is 6.08 Å². The van der Waals surface area contributed by atoms with Crippen molar-refractivity contribution >= 4 is 6.47 Å². The minimum Gasteiger partial charge on any atom is -0.464 e. The van der Waals surface area contributed by atoms with Crippen molar-refractivity contribution in [2.45, 2.75) is 71.3 Å². The van der Waals surface area contributed by atoms with E-state index < -0.39 is 0 Å². The molecule has 6 unspecified atom stereocenters. The fraction of sp³-hybridized carbons (Fsp3) is 0.727. The van der Waals surface area contributed by atoms with E-state index in [9.17, 15) is 4.79 Å². The molecule has 0 N–H and O–H groups in total. The third kappa shape index (κ3) is 2.40. The van der Waals surface area contributed by atoms with E-state index in [1.54, 1.807) is 5.57 Å². The predicted molar refractivity (Wildman–Crippen MR) is 96.3 cm³/mol. The highest BCUT2D eigenvalue weighted by Crippen LogP contribution is 2.66. The molecule has 3 nitrogen and oxygen atoms in total. The molecule has 3 saturated carbocycles. The summed E-state index contributed by atoms with van der Waals surface area (Å²) in [6, 6.07) is 2.29. The molecule has 0 bridgehead atoms. The summed E-state index contributed by atoms with van der Waals surface area (Å²) >= 11 is 0. The average Bonchev–Trinajstić information content (AvgIpc) is 2.93. The lowest BCUT2D eigenvalue weighted by molar-refractivity contribution is -0.135. The molecule has 4 rings (SSSR count). The van der Waals surface area contributed by atoms with E-state index in [0.29, 0.717) is 6.47 Å². The molecule has 0 aromatic carbocycles. The third-order valence-electron chi connectivity index (χ3n) is 8.39. The normalized spacial score (nSPS) is 47.1. The van der Waals surface area contributed by atoms with Gasteiger partial charge in [0.25, 0.3) is 6.47 Å². The second-order valence-corrected chi connectivity index (χ2v) is 9.15. The predicted octanol–water partition coefficient (Wildman–Crippen LogP) is 4.94. The van der Waals surface area contributed by atoms with E-state index in [1.165, 1.54) is 31.3 Å². The number of ether oxygens (including phenoxy) is 1. The number of fused-ring (bicyclic) bond motifs is 5. The Balaban J connectivity index is 1.62. The first-order valence-electron chi connectivity index (χ1n) is 9.90. The van der Waals surface area contributed by atoms with Gasteiger partial charge in [0.2, 0.25) is 0 Å². The first-order chi connectivity index (χ1) is 12.0. The van der Waals surface area contributed by atoms with Crippen LogP contribution in [-0.4, -0.2) is 12.6 Å². The molecule has 25 heavy (non-hydrogen) atoms. The average molecular weight is 339 g/mol. The van der Waals surface area contributed by atoms with Crippen molar-refractivity contribution in [2.75, 3.05) is 0 Å². The zero-order chi connectivity index (χ0) is 17.7. The second kappa shape index (κ2) is 6.01. The van der Waals surface area contributed by atoms with Crippen molar-refractivity contribution in [3.05, 3.63) is 23.3 Å². The Kier molecular flexibility index (Phi) is 4.06. The van der Waals surface area contributed by atoms with Crippen LogP contribution in [0.15, 0.2) is 23.3 Å². The Morgan fingerprint density at radius 3 is 2.72 bits per heavy atom. The summed E-state index contributed by atoms with van der Waals surface area (Å²) < 4.78 is 5.28. The second-order valence-electron chi connectivity index (χ2n) is 9.15. The lowest BCUT2D eigenvalue weighted by Crippen LogP contribution is -2.49. The molecule has 0 spiro atoms. The quantitative estimate of drug-likeness (QED) is 0.407. The topological polar surface area (TPSA) is 50.1 Å². The highest BCUT2D eigenvalue weighted by atomic mass is 16.5. The Labute approximate surface area is 151 Å². The molecule has 3 heteroatoms. The maximum Gasteiger partial charge on any atom is 0.293 e. The Hall–Kier alpha value is -1.56. The maximum atomic E-state index is 10.7. The van der Waals surface area contributed by atoms with Crippen LogP contribution in [0.3, 0.4) is 0 Å². The van der Waals surface area contributed by atoms with Crippen LogP contribution >= 0.6 is 0 Å². The SMILES string of the molecule is CC12CCC(OC=O)CC1=CCC1C2CCC2(C)/C(=C\C#N)CCC12. The molecule has 0 aromatic rings. The Morgan fingerprint density at radius 1 is 1.20 bits per heavy atom. The van der Waals surface area contributed by atoms with Gasteiger partial charge in [-0.25, -0.2) is 0 Å². The molecule has 0 aromatic heterocycles. The monoisotopic (exact) mass is 339 g/mol. The number of carbonyl (C=O) groups excluding carboxylic acids is 1. The van der Waals surface area contributed by atoms with Gasteiger partial charge in [-0.05, 0) is 73.5 Å². The standard InChI is InChI=1S/C22H29NO2/c1-21-11-8-20-18(19(21)6-4-15(21)9-12-23)5-3-16-13-17(25-14-24)7-10-22(16,20)2/h3,9,14,17-20H,4-8,10-11,13H2,1-2H3/b15-9-. The molecule has 3 fully saturated rings. The van der Waals surface area contributed by atoms with Crippen molar-refractivity contribution in [1.82, 2.24) is 0 Å². The number of nitriles is 1. The first kappa shape index (κ1) is 16.9. The van der Waals surface area contributed by atoms with Gasteiger partial charge in [-0.15, -0.1) is 0 Å². The van der Waals surface area contributed by atoms with Crippen LogP contribution in [0.25, 0.3) is 0 Å². The molecule has 0 radical (unpaired) electrons. The highest BCUT2D eigenvalue weighted by molar-refractivity contribution is 5.38. The third-order valence-corrected chi connectivity index (χ3v) is 8.39. The van der Waals surface area contributed by atoms with Gasteiger partial charge in [0, 0.05) is 12.5 Å². The molecular formula is C22H29NO2. The highest BCUT2D eigenvalue weighted by Gasteiger charge is 2.57. The van der Waals surface area contributed by atoms with Crippen LogP contribution in [-0.2, 0) is 9.53 Å². The van der Waals surface area contributed by atoms with Gasteiger partial charge in [0.15, 0.2) is 0 Å². The van der Waals surface area contributed by atoms with Crippen molar-refractivity contribution in [3.63, 3.8) is 0 Å².